The Bertz CT molecular complexity index is 548. The molecule has 2 rings (SSSR count). The molecule has 0 aliphatic rings. The summed E-state index contributed by atoms with van der Waals surface area (Å²) < 4.78 is 1.90. The van der Waals surface area contributed by atoms with Crippen molar-refractivity contribution in [1.82, 2.24) is 9.78 Å². The standard InChI is InChI=1S/C16H22ClN3/c1-3-14-16(17)15(20(2)19-14)11-7-10-13(18)12-8-5-4-6-9-12/h4-6,8-9,13H,3,7,10-11,18H2,1-2H3. The number of rotatable bonds is 6. The average molecular weight is 292 g/mol. The van der Waals surface area contributed by atoms with E-state index in [4.69, 9.17) is 17.3 Å². The highest BCUT2D eigenvalue weighted by Crippen LogP contribution is 2.24. The van der Waals surface area contributed by atoms with Gasteiger partial charge >= 0.3 is 0 Å². The van der Waals surface area contributed by atoms with Gasteiger partial charge in [-0.25, -0.2) is 0 Å². The molecule has 1 atom stereocenters. The zero-order chi connectivity index (χ0) is 14.5. The number of hydrogen-bond acceptors (Lipinski definition) is 2. The van der Waals surface area contributed by atoms with Crippen LogP contribution in [0.3, 0.4) is 0 Å². The van der Waals surface area contributed by atoms with Crippen molar-refractivity contribution >= 4 is 11.6 Å². The third-order valence-electron chi connectivity index (χ3n) is 3.66. The van der Waals surface area contributed by atoms with Gasteiger partial charge in [0.15, 0.2) is 0 Å². The second-order valence-corrected chi connectivity index (χ2v) is 5.47. The molecule has 0 bridgehead atoms. The average Bonchev–Trinajstić information content (AvgIpc) is 2.75. The zero-order valence-electron chi connectivity index (χ0n) is 12.1. The molecule has 0 fully saturated rings. The summed E-state index contributed by atoms with van der Waals surface area (Å²) in [5.74, 6) is 0. The molecular formula is C16H22ClN3. The van der Waals surface area contributed by atoms with E-state index in [1.807, 2.05) is 29.9 Å². The summed E-state index contributed by atoms with van der Waals surface area (Å²) in [6, 6.07) is 10.3. The van der Waals surface area contributed by atoms with Crippen LogP contribution in [0.1, 0.15) is 42.8 Å². The van der Waals surface area contributed by atoms with E-state index in [2.05, 4.69) is 24.2 Å². The van der Waals surface area contributed by atoms with Gasteiger partial charge in [0.1, 0.15) is 0 Å². The maximum atomic E-state index is 6.35. The van der Waals surface area contributed by atoms with Crippen molar-refractivity contribution in [2.75, 3.05) is 0 Å². The van der Waals surface area contributed by atoms with E-state index in [1.165, 1.54) is 5.56 Å². The molecule has 1 unspecified atom stereocenters. The summed E-state index contributed by atoms with van der Waals surface area (Å²) in [7, 11) is 1.96. The quantitative estimate of drug-likeness (QED) is 0.883. The van der Waals surface area contributed by atoms with Gasteiger partial charge in [-0.15, -0.1) is 0 Å². The Hall–Kier alpha value is -1.32. The van der Waals surface area contributed by atoms with Crippen molar-refractivity contribution in [2.24, 2.45) is 12.8 Å². The number of aryl methyl sites for hydroxylation is 2. The van der Waals surface area contributed by atoms with Gasteiger partial charge in [-0.05, 0) is 31.2 Å². The lowest BCUT2D eigenvalue weighted by molar-refractivity contribution is 0.590. The number of halogens is 1. The first-order valence-electron chi connectivity index (χ1n) is 7.14. The molecule has 2 aromatic rings. The second-order valence-electron chi connectivity index (χ2n) is 5.09. The van der Waals surface area contributed by atoms with Gasteiger partial charge in [0.05, 0.1) is 16.4 Å². The lowest BCUT2D eigenvalue weighted by Gasteiger charge is -2.11. The van der Waals surface area contributed by atoms with Crippen LogP contribution in [0.4, 0.5) is 0 Å². The first kappa shape index (κ1) is 15.1. The fourth-order valence-electron chi connectivity index (χ4n) is 2.45. The summed E-state index contributed by atoms with van der Waals surface area (Å²) in [4.78, 5) is 0. The van der Waals surface area contributed by atoms with Gasteiger partial charge in [-0.2, -0.15) is 5.10 Å². The van der Waals surface area contributed by atoms with Crippen molar-refractivity contribution in [3.8, 4) is 0 Å². The molecule has 0 radical (unpaired) electrons. The molecule has 3 nitrogen and oxygen atoms in total. The van der Waals surface area contributed by atoms with Crippen molar-refractivity contribution < 1.29 is 0 Å². The monoisotopic (exact) mass is 291 g/mol. The van der Waals surface area contributed by atoms with Gasteiger partial charge in [0.25, 0.3) is 0 Å². The minimum absolute atomic E-state index is 0.0915. The Kier molecular flexibility index (Phi) is 5.21. The molecule has 0 amide bonds. The van der Waals surface area contributed by atoms with E-state index in [0.29, 0.717) is 0 Å². The van der Waals surface area contributed by atoms with Crippen LogP contribution in [-0.4, -0.2) is 9.78 Å². The van der Waals surface area contributed by atoms with Gasteiger partial charge in [0, 0.05) is 13.1 Å². The molecule has 0 saturated carbocycles. The van der Waals surface area contributed by atoms with Crippen molar-refractivity contribution in [3.05, 3.63) is 52.3 Å². The van der Waals surface area contributed by atoms with E-state index in [1.54, 1.807) is 0 Å². The summed E-state index contributed by atoms with van der Waals surface area (Å²) in [6.45, 7) is 2.07. The van der Waals surface area contributed by atoms with Crippen LogP contribution >= 0.6 is 11.6 Å². The molecule has 0 aliphatic heterocycles. The fraction of sp³-hybridized carbons (Fsp3) is 0.438. The molecule has 0 spiro atoms. The third kappa shape index (κ3) is 3.41. The molecule has 108 valence electrons. The number of hydrogen-bond donors (Lipinski definition) is 1. The van der Waals surface area contributed by atoms with E-state index < -0.39 is 0 Å². The fourth-order valence-corrected chi connectivity index (χ4v) is 2.84. The highest BCUT2D eigenvalue weighted by Gasteiger charge is 2.13. The van der Waals surface area contributed by atoms with Crippen LogP contribution in [0, 0.1) is 0 Å². The van der Waals surface area contributed by atoms with E-state index >= 15 is 0 Å². The normalized spacial score (nSPS) is 12.6. The summed E-state index contributed by atoms with van der Waals surface area (Å²) in [6.07, 6.45) is 3.75. The highest BCUT2D eigenvalue weighted by molar-refractivity contribution is 6.31. The number of nitrogens with two attached hydrogens (primary N) is 1. The predicted octanol–water partition coefficient (Wildman–Crippen LogP) is 3.66. The molecule has 1 aromatic heterocycles. The lowest BCUT2D eigenvalue weighted by atomic mass is 10.0. The van der Waals surface area contributed by atoms with Gasteiger partial charge in [-0.3, -0.25) is 4.68 Å². The first-order chi connectivity index (χ1) is 9.63. The molecule has 4 heteroatoms. The number of nitrogens with zero attached hydrogens (tertiary/aromatic N) is 2. The van der Waals surface area contributed by atoms with Crippen LogP contribution in [-0.2, 0) is 19.9 Å². The molecule has 1 heterocycles. The Balaban J connectivity index is 1.92. The maximum absolute atomic E-state index is 6.35. The second kappa shape index (κ2) is 6.91. The van der Waals surface area contributed by atoms with Crippen LogP contribution in [0.5, 0.6) is 0 Å². The lowest BCUT2D eigenvalue weighted by Crippen LogP contribution is -2.10. The van der Waals surface area contributed by atoms with Crippen molar-refractivity contribution in [3.63, 3.8) is 0 Å². The van der Waals surface area contributed by atoms with E-state index in [9.17, 15) is 0 Å². The van der Waals surface area contributed by atoms with Gasteiger partial charge in [0.2, 0.25) is 0 Å². The number of aromatic nitrogens is 2. The topological polar surface area (TPSA) is 43.8 Å². The maximum Gasteiger partial charge on any atom is 0.0849 e. The van der Waals surface area contributed by atoms with E-state index in [0.717, 1.165) is 42.1 Å². The molecule has 20 heavy (non-hydrogen) atoms. The van der Waals surface area contributed by atoms with Crippen LogP contribution < -0.4 is 5.73 Å². The molecule has 0 aliphatic carbocycles. The van der Waals surface area contributed by atoms with Crippen molar-refractivity contribution in [1.29, 1.82) is 0 Å². The van der Waals surface area contributed by atoms with Crippen LogP contribution in [0.2, 0.25) is 5.02 Å². The van der Waals surface area contributed by atoms with E-state index in [-0.39, 0.29) is 6.04 Å². The van der Waals surface area contributed by atoms with Gasteiger partial charge in [-0.1, -0.05) is 48.9 Å². The predicted molar refractivity (Wildman–Crippen MR) is 83.9 cm³/mol. The molecular weight excluding hydrogens is 270 g/mol. The first-order valence-corrected chi connectivity index (χ1v) is 7.52. The summed E-state index contributed by atoms with van der Waals surface area (Å²) in [5.41, 5.74) is 9.50. The van der Waals surface area contributed by atoms with Gasteiger partial charge < -0.3 is 5.73 Å². The summed E-state index contributed by atoms with van der Waals surface area (Å²) in [5, 5.41) is 5.26. The Morgan fingerprint density at radius 1 is 1.30 bits per heavy atom. The Labute approximate surface area is 125 Å². The van der Waals surface area contributed by atoms with Crippen LogP contribution in [0.15, 0.2) is 30.3 Å². The third-order valence-corrected chi connectivity index (χ3v) is 4.10. The molecule has 0 saturated heterocycles. The Morgan fingerprint density at radius 3 is 2.60 bits per heavy atom. The SMILES string of the molecule is CCc1nn(C)c(CCCC(N)c2ccccc2)c1Cl. The molecule has 1 aromatic carbocycles. The summed E-state index contributed by atoms with van der Waals surface area (Å²) >= 11 is 6.35. The minimum atomic E-state index is 0.0915. The van der Waals surface area contributed by atoms with Crippen LogP contribution in [0.25, 0.3) is 0 Å². The zero-order valence-corrected chi connectivity index (χ0v) is 12.9. The largest absolute Gasteiger partial charge is 0.324 e. The molecule has 2 N–H and O–H groups in total. The minimum Gasteiger partial charge on any atom is -0.324 e. The van der Waals surface area contributed by atoms with Crippen molar-refractivity contribution in [2.45, 2.75) is 38.6 Å². The highest BCUT2D eigenvalue weighted by atomic mass is 35.5. The number of benzene rings is 1. The Morgan fingerprint density at radius 2 is 2.00 bits per heavy atom. The smallest absolute Gasteiger partial charge is 0.0849 e.